The fourth-order valence-corrected chi connectivity index (χ4v) is 2.44. The van der Waals surface area contributed by atoms with Crippen molar-refractivity contribution >= 4 is 11.0 Å². The summed E-state index contributed by atoms with van der Waals surface area (Å²) in [6.07, 6.45) is 3.23. The number of aromatic nitrogens is 3. The van der Waals surface area contributed by atoms with Crippen LogP contribution in [0.3, 0.4) is 0 Å². The lowest BCUT2D eigenvalue weighted by Gasteiger charge is -2.13. The van der Waals surface area contributed by atoms with E-state index < -0.39 is 0 Å². The van der Waals surface area contributed by atoms with Crippen molar-refractivity contribution in [2.45, 2.75) is 32.4 Å². The van der Waals surface area contributed by atoms with Gasteiger partial charge in [0.15, 0.2) is 0 Å². The zero-order chi connectivity index (χ0) is 14.7. The molecule has 2 aromatic heterocycles. The van der Waals surface area contributed by atoms with Crippen LogP contribution in [0.4, 0.5) is 0 Å². The van der Waals surface area contributed by atoms with Crippen LogP contribution in [0.25, 0.3) is 11.0 Å². The van der Waals surface area contributed by atoms with Gasteiger partial charge in [-0.25, -0.2) is 10.4 Å². The lowest BCUT2D eigenvalue weighted by molar-refractivity contribution is 0.419. The molecular weight excluding hydrogens is 266 g/mol. The highest BCUT2D eigenvalue weighted by Gasteiger charge is 2.18. The second-order valence-electron chi connectivity index (χ2n) is 5.01. The summed E-state index contributed by atoms with van der Waals surface area (Å²) in [5.74, 6) is 7.41. The third kappa shape index (κ3) is 2.81. The molecule has 0 fully saturated rings. The molecule has 6 heteroatoms. The second-order valence-corrected chi connectivity index (χ2v) is 5.01. The molecule has 3 rings (SSSR count). The SMILES string of the molecule is CCCn1ncnc1CC(NN)c1cc2ccccc2o1. The molecule has 0 aliphatic heterocycles. The van der Waals surface area contributed by atoms with E-state index in [1.807, 2.05) is 35.0 Å². The second kappa shape index (κ2) is 6.07. The number of benzene rings is 1. The number of nitrogens with zero attached hydrogens (tertiary/aromatic N) is 3. The first-order valence-electron chi connectivity index (χ1n) is 7.13. The molecule has 0 aliphatic carbocycles. The van der Waals surface area contributed by atoms with Crippen molar-refractivity contribution in [2.75, 3.05) is 0 Å². The van der Waals surface area contributed by atoms with E-state index in [9.17, 15) is 0 Å². The van der Waals surface area contributed by atoms with Crippen LogP contribution in [0.5, 0.6) is 0 Å². The molecule has 21 heavy (non-hydrogen) atoms. The number of nitrogens with one attached hydrogen (secondary N) is 1. The van der Waals surface area contributed by atoms with Crippen LogP contribution in [0.2, 0.25) is 0 Å². The summed E-state index contributed by atoms with van der Waals surface area (Å²) in [7, 11) is 0. The highest BCUT2D eigenvalue weighted by atomic mass is 16.3. The number of para-hydroxylation sites is 1. The number of nitrogens with two attached hydrogens (primary N) is 1. The maximum absolute atomic E-state index is 5.87. The number of furan rings is 1. The Morgan fingerprint density at radius 1 is 1.38 bits per heavy atom. The standard InChI is InChI=1S/C15H19N5O/c1-2-7-20-15(17-10-18-20)9-12(19-16)14-8-11-5-3-4-6-13(11)21-14/h3-6,8,10,12,19H,2,7,9,16H2,1H3. The van der Waals surface area contributed by atoms with Gasteiger partial charge < -0.3 is 4.42 Å². The number of hydrogen-bond acceptors (Lipinski definition) is 5. The molecule has 1 unspecified atom stereocenters. The summed E-state index contributed by atoms with van der Waals surface area (Å²) in [4.78, 5) is 4.32. The van der Waals surface area contributed by atoms with Gasteiger partial charge in [-0.2, -0.15) is 5.10 Å². The monoisotopic (exact) mass is 285 g/mol. The summed E-state index contributed by atoms with van der Waals surface area (Å²) in [6, 6.07) is 9.81. The molecule has 1 atom stereocenters. The molecule has 1 aromatic carbocycles. The fraction of sp³-hybridized carbons (Fsp3) is 0.333. The number of aryl methyl sites for hydroxylation is 1. The van der Waals surface area contributed by atoms with Crippen LogP contribution in [-0.2, 0) is 13.0 Å². The van der Waals surface area contributed by atoms with Crippen LogP contribution < -0.4 is 11.3 Å². The summed E-state index contributed by atoms with van der Waals surface area (Å²) in [5.41, 5.74) is 3.68. The minimum atomic E-state index is -0.128. The minimum absolute atomic E-state index is 0.128. The Morgan fingerprint density at radius 2 is 2.24 bits per heavy atom. The Labute approximate surface area is 122 Å². The number of fused-ring (bicyclic) bond motifs is 1. The van der Waals surface area contributed by atoms with Crippen LogP contribution in [0.15, 0.2) is 41.1 Å². The van der Waals surface area contributed by atoms with Crippen LogP contribution in [0, 0.1) is 0 Å². The van der Waals surface area contributed by atoms with Gasteiger partial charge in [-0.15, -0.1) is 0 Å². The van der Waals surface area contributed by atoms with Crippen molar-refractivity contribution in [3.8, 4) is 0 Å². The van der Waals surface area contributed by atoms with Crippen molar-refractivity contribution < 1.29 is 4.42 Å². The topological polar surface area (TPSA) is 81.9 Å². The van der Waals surface area contributed by atoms with Crippen LogP contribution in [0.1, 0.15) is 31.0 Å². The average molecular weight is 285 g/mol. The smallest absolute Gasteiger partial charge is 0.138 e. The molecule has 0 spiro atoms. The number of hydrogen-bond donors (Lipinski definition) is 2. The summed E-state index contributed by atoms with van der Waals surface area (Å²) >= 11 is 0. The molecular formula is C15H19N5O. The minimum Gasteiger partial charge on any atom is -0.459 e. The van der Waals surface area contributed by atoms with Gasteiger partial charge in [-0.05, 0) is 18.6 Å². The molecule has 3 aromatic rings. The molecule has 2 heterocycles. The van der Waals surface area contributed by atoms with Gasteiger partial charge in [0.25, 0.3) is 0 Å². The van der Waals surface area contributed by atoms with Gasteiger partial charge in [0.2, 0.25) is 0 Å². The highest BCUT2D eigenvalue weighted by molar-refractivity contribution is 5.77. The van der Waals surface area contributed by atoms with E-state index in [1.165, 1.54) is 0 Å². The van der Waals surface area contributed by atoms with E-state index in [2.05, 4.69) is 22.4 Å². The molecule has 0 saturated carbocycles. The average Bonchev–Trinajstić information content (AvgIpc) is 3.11. The van der Waals surface area contributed by atoms with E-state index in [0.717, 1.165) is 35.5 Å². The third-order valence-corrected chi connectivity index (χ3v) is 3.51. The van der Waals surface area contributed by atoms with Crippen molar-refractivity contribution in [1.82, 2.24) is 20.2 Å². The van der Waals surface area contributed by atoms with Gasteiger partial charge in [0, 0.05) is 18.4 Å². The molecule has 0 bridgehead atoms. The predicted octanol–water partition coefficient (Wildman–Crippen LogP) is 2.18. The highest BCUT2D eigenvalue weighted by Crippen LogP contribution is 2.25. The van der Waals surface area contributed by atoms with Gasteiger partial charge in [0.1, 0.15) is 23.5 Å². The molecule has 3 N–H and O–H groups in total. The fourth-order valence-electron chi connectivity index (χ4n) is 2.44. The first-order valence-corrected chi connectivity index (χ1v) is 7.13. The van der Waals surface area contributed by atoms with Crippen molar-refractivity contribution in [1.29, 1.82) is 0 Å². The summed E-state index contributed by atoms with van der Waals surface area (Å²) in [6.45, 7) is 2.97. The number of hydrazine groups is 1. The zero-order valence-corrected chi connectivity index (χ0v) is 12.0. The Morgan fingerprint density at radius 3 is 3.00 bits per heavy atom. The zero-order valence-electron chi connectivity index (χ0n) is 12.0. The molecule has 0 radical (unpaired) electrons. The quantitative estimate of drug-likeness (QED) is 0.536. The Kier molecular flexibility index (Phi) is 3.98. The summed E-state index contributed by atoms with van der Waals surface area (Å²) < 4.78 is 7.78. The molecule has 6 nitrogen and oxygen atoms in total. The Hall–Kier alpha value is -2.18. The van der Waals surface area contributed by atoms with Gasteiger partial charge in [-0.3, -0.25) is 10.5 Å². The predicted molar refractivity (Wildman–Crippen MR) is 80.3 cm³/mol. The lowest BCUT2D eigenvalue weighted by atomic mass is 10.1. The summed E-state index contributed by atoms with van der Waals surface area (Å²) in [5, 5.41) is 5.31. The van der Waals surface area contributed by atoms with Gasteiger partial charge in [0.05, 0.1) is 6.04 Å². The van der Waals surface area contributed by atoms with Gasteiger partial charge in [-0.1, -0.05) is 25.1 Å². The first-order chi connectivity index (χ1) is 10.3. The van der Waals surface area contributed by atoms with E-state index >= 15 is 0 Å². The first kappa shape index (κ1) is 13.8. The Balaban J connectivity index is 1.85. The van der Waals surface area contributed by atoms with Crippen molar-refractivity contribution in [2.24, 2.45) is 5.84 Å². The van der Waals surface area contributed by atoms with Crippen LogP contribution >= 0.6 is 0 Å². The normalized spacial score (nSPS) is 12.9. The maximum atomic E-state index is 5.87. The largest absolute Gasteiger partial charge is 0.459 e. The molecule has 0 saturated heterocycles. The van der Waals surface area contributed by atoms with Gasteiger partial charge >= 0.3 is 0 Å². The van der Waals surface area contributed by atoms with Crippen molar-refractivity contribution in [3.63, 3.8) is 0 Å². The third-order valence-electron chi connectivity index (χ3n) is 3.51. The van der Waals surface area contributed by atoms with Crippen LogP contribution in [-0.4, -0.2) is 14.8 Å². The van der Waals surface area contributed by atoms with E-state index in [0.29, 0.717) is 6.42 Å². The van der Waals surface area contributed by atoms with E-state index in [4.69, 9.17) is 10.3 Å². The molecule has 0 aliphatic rings. The van der Waals surface area contributed by atoms with E-state index in [-0.39, 0.29) is 6.04 Å². The van der Waals surface area contributed by atoms with Crippen molar-refractivity contribution in [3.05, 3.63) is 48.2 Å². The maximum Gasteiger partial charge on any atom is 0.138 e. The van der Waals surface area contributed by atoms with E-state index in [1.54, 1.807) is 6.33 Å². The lowest BCUT2D eigenvalue weighted by Crippen LogP contribution is -2.30. The molecule has 0 amide bonds. The Bertz CT molecular complexity index is 685. The molecule has 110 valence electrons. The number of rotatable bonds is 6.